The van der Waals surface area contributed by atoms with E-state index in [9.17, 15) is 9.90 Å². The molecule has 0 amide bonds. The largest absolute Gasteiger partial charge is 0.872 e. The first-order valence-corrected chi connectivity index (χ1v) is 9.02. The molecule has 2 aliphatic carbocycles. The van der Waals surface area contributed by atoms with Gasteiger partial charge in [0, 0.05) is 12.0 Å². The van der Waals surface area contributed by atoms with Crippen LogP contribution in [0.15, 0.2) is 18.2 Å². The van der Waals surface area contributed by atoms with Crippen LogP contribution in [0.5, 0.6) is 11.5 Å². The van der Waals surface area contributed by atoms with E-state index in [1.165, 1.54) is 0 Å². The van der Waals surface area contributed by atoms with E-state index in [0.717, 1.165) is 37.7 Å². The van der Waals surface area contributed by atoms with Crippen LogP contribution in [0.1, 0.15) is 51.5 Å². The number of nitrogens with one attached hydrogen (secondary N) is 1. The summed E-state index contributed by atoms with van der Waals surface area (Å²) in [5, 5.41) is 16.0. The average molecular weight is 328 g/mol. The first-order valence-electron chi connectivity index (χ1n) is 9.02. The molecule has 4 nitrogen and oxygen atoms in total. The van der Waals surface area contributed by atoms with Gasteiger partial charge in [0.15, 0.2) is 5.78 Å². The van der Waals surface area contributed by atoms with Gasteiger partial charge in [0.2, 0.25) is 0 Å². The predicted molar refractivity (Wildman–Crippen MR) is 90.1 cm³/mol. The second-order valence-corrected chi connectivity index (χ2v) is 8.36. The number of hydrogen-bond acceptors (Lipinski definition) is 4. The van der Waals surface area contributed by atoms with Crippen molar-refractivity contribution in [1.82, 2.24) is 5.32 Å². The van der Waals surface area contributed by atoms with E-state index in [1.807, 2.05) is 6.07 Å². The number of ketones is 1. The molecule has 0 aromatic heterocycles. The van der Waals surface area contributed by atoms with E-state index in [0.29, 0.717) is 23.9 Å². The lowest BCUT2D eigenvalue weighted by Gasteiger charge is -2.50. The SMILES string of the molecule is COc1cccc([O-])c1CC1(C)CCC[C@]23N[C@]2(C)C(=O)CCC13. The minimum atomic E-state index is -0.335. The molecule has 1 aromatic rings. The van der Waals surface area contributed by atoms with Crippen molar-refractivity contribution in [3.8, 4) is 11.5 Å². The topological polar surface area (TPSA) is 71.3 Å². The van der Waals surface area contributed by atoms with E-state index in [2.05, 4.69) is 19.2 Å². The van der Waals surface area contributed by atoms with Crippen molar-refractivity contribution in [3.63, 3.8) is 0 Å². The molecule has 4 rings (SSSR count). The molecule has 1 aliphatic heterocycles. The van der Waals surface area contributed by atoms with Gasteiger partial charge in [0.05, 0.1) is 12.6 Å². The average Bonchev–Trinajstić information content (AvgIpc) is 3.16. The van der Waals surface area contributed by atoms with E-state index in [4.69, 9.17) is 4.74 Å². The summed E-state index contributed by atoms with van der Waals surface area (Å²) in [7, 11) is 1.63. The van der Waals surface area contributed by atoms with Crippen molar-refractivity contribution in [2.24, 2.45) is 11.3 Å². The number of ether oxygens (including phenoxy) is 1. The number of carbonyl (C=O) groups is 1. The molecule has 130 valence electrons. The summed E-state index contributed by atoms with van der Waals surface area (Å²) in [6.07, 6.45) is 5.60. The highest BCUT2D eigenvalue weighted by Crippen LogP contribution is 2.63. The zero-order valence-electron chi connectivity index (χ0n) is 14.8. The fourth-order valence-electron chi connectivity index (χ4n) is 5.84. The highest BCUT2D eigenvalue weighted by molar-refractivity contribution is 5.95. The molecule has 24 heavy (non-hydrogen) atoms. The van der Waals surface area contributed by atoms with Gasteiger partial charge >= 0.3 is 0 Å². The Balaban J connectivity index is 1.70. The van der Waals surface area contributed by atoms with Crippen molar-refractivity contribution in [3.05, 3.63) is 23.8 Å². The Labute approximate surface area is 143 Å². The molecule has 1 N–H and O–H groups in total. The molecule has 2 saturated carbocycles. The van der Waals surface area contributed by atoms with Crippen LogP contribution in [0, 0.1) is 11.3 Å². The summed E-state index contributed by atoms with van der Waals surface area (Å²) in [5.74, 6) is 1.56. The van der Waals surface area contributed by atoms with Gasteiger partial charge in [-0.15, -0.1) is 5.75 Å². The van der Waals surface area contributed by atoms with Gasteiger partial charge in [-0.3, -0.25) is 10.1 Å². The van der Waals surface area contributed by atoms with Crippen molar-refractivity contribution < 1.29 is 14.6 Å². The van der Waals surface area contributed by atoms with E-state index >= 15 is 0 Å². The maximum Gasteiger partial charge on any atom is 0.154 e. The first kappa shape index (κ1) is 15.9. The zero-order valence-corrected chi connectivity index (χ0v) is 14.8. The standard InChI is InChI=1S/C20H27NO3/c1-18(12-13-14(22)6-4-7-15(13)24-3)10-5-11-20-16(18)8-9-17(23)19(20,2)21-20/h4,6-7,16,21-22H,5,8-12H2,1-3H3/p-1/t16?,18?,19-,20-/m1/s1. The second-order valence-electron chi connectivity index (χ2n) is 8.36. The fourth-order valence-corrected chi connectivity index (χ4v) is 5.84. The molecule has 1 aromatic carbocycles. The van der Waals surface area contributed by atoms with Gasteiger partial charge in [-0.25, -0.2) is 0 Å². The van der Waals surface area contributed by atoms with Crippen LogP contribution in [0.3, 0.4) is 0 Å². The molecular formula is C20H26NO3-. The third-order valence-electron chi connectivity index (χ3n) is 7.17. The van der Waals surface area contributed by atoms with Gasteiger partial charge in [-0.1, -0.05) is 25.5 Å². The van der Waals surface area contributed by atoms with Crippen molar-refractivity contribution in [2.45, 2.75) is 63.5 Å². The second kappa shape index (κ2) is 4.98. The predicted octanol–water partition coefficient (Wildman–Crippen LogP) is 2.58. The van der Waals surface area contributed by atoms with Crippen LogP contribution < -0.4 is 15.2 Å². The Morgan fingerprint density at radius 1 is 1.33 bits per heavy atom. The smallest absolute Gasteiger partial charge is 0.154 e. The normalized spacial score (nSPS) is 40.6. The van der Waals surface area contributed by atoms with Crippen LogP contribution in [0.2, 0.25) is 0 Å². The molecule has 2 unspecified atom stereocenters. The third kappa shape index (κ3) is 1.92. The summed E-state index contributed by atoms with van der Waals surface area (Å²) >= 11 is 0. The van der Waals surface area contributed by atoms with Crippen LogP contribution in [0.25, 0.3) is 0 Å². The van der Waals surface area contributed by atoms with Crippen LogP contribution >= 0.6 is 0 Å². The molecule has 0 bridgehead atoms. The summed E-state index contributed by atoms with van der Waals surface area (Å²) < 4.78 is 5.45. The van der Waals surface area contributed by atoms with Gasteiger partial charge in [0.25, 0.3) is 0 Å². The lowest BCUT2D eigenvalue weighted by molar-refractivity contribution is -0.269. The molecule has 4 atom stereocenters. The van der Waals surface area contributed by atoms with Crippen LogP contribution in [-0.2, 0) is 11.2 Å². The summed E-state index contributed by atoms with van der Waals surface area (Å²) in [4.78, 5) is 12.4. The van der Waals surface area contributed by atoms with Crippen LogP contribution in [-0.4, -0.2) is 24.0 Å². The number of carbonyl (C=O) groups excluding carboxylic acids is 1. The summed E-state index contributed by atoms with van der Waals surface area (Å²) in [5.41, 5.74) is 0.440. The van der Waals surface area contributed by atoms with E-state index < -0.39 is 0 Å². The minimum absolute atomic E-state index is 0.0253. The molecule has 1 spiro atoms. The molecule has 0 radical (unpaired) electrons. The molecule has 3 aliphatic rings. The Morgan fingerprint density at radius 3 is 2.88 bits per heavy atom. The van der Waals surface area contributed by atoms with Crippen molar-refractivity contribution >= 4 is 5.78 Å². The fraction of sp³-hybridized carbons (Fsp3) is 0.650. The third-order valence-corrected chi connectivity index (χ3v) is 7.17. The van der Waals surface area contributed by atoms with Crippen molar-refractivity contribution in [1.29, 1.82) is 0 Å². The molecule has 4 heteroatoms. The number of benzene rings is 1. The monoisotopic (exact) mass is 328 g/mol. The highest BCUT2D eigenvalue weighted by Gasteiger charge is 2.75. The zero-order chi connectivity index (χ0) is 17.2. The number of methoxy groups -OCH3 is 1. The van der Waals surface area contributed by atoms with Crippen LogP contribution in [0.4, 0.5) is 0 Å². The maximum atomic E-state index is 12.4. The Bertz CT molecular complexity index is 702. The summed E-state index contributed by atoms with van der Waals surface area (Å²) in [6, 6.07) is 5.26. The number of hydrogen-bond donors (Lipinski definition) is 1. The molecule has 1 saturated heterocycles. The number of rotatable bonds is 3. The lowest BCUT2D eigenvalue weighted by Crippen LogP contribution is -2.52. The van der Waals surface area contributed by atoms with Gasteiger partial charge < -0.3 is 9.84 Å². The Hall–Kier alpha value is -1.55. The minimum Gasteiger partial charge on any atom is -0.872 e. The van der Waals surface area contributed by atoms with Gasteiger partial charge in [-0.2, -0.15) is 0 Å². The number of Topliss-reactive ketones (excluding diaryl/α,β-unsaturated/α-hetero) is 1. The molecule has 3 fully saturated rings. The highest BCUT2D eigenvalue weighted by atomic mass is 16.5. The maximum absolute atomic E-state index is 12.4. The van der Waals surface area contributed by atoms with Gasteiger partial charge in [0.1, 0.15) is 5.75 Å². The van der Waals surface area contributed by atoms with Crippen molar-refractivity contribution in [2.75, 3.05) is 7.11 Å². The Morgan fingerprint density at radius 2 is 2.12 bits per heavy atom. The Kier molecular flexibility index (Phi) is 3.31. The van der Waals surface area contributed by atoms with E-state index in [-0.39, 0.29) is 22.2 Å². The first-order chi connectivity index (χ1) is 11.4. The summed E-state index contributed by atoms with van der Waals surface area (Å²) in [6.45, 7) is 4.38. The molecule has 1 heterocycles. The molecular weight excluding hydrogens is 302 g/mol. The van der Waals surface area contributed by atoms with E-state index in [1.54, 1.807) is 19.2 Å². The lowest BCUT2D eigenvalue weighted by atomic mass is 9.53. The quantitative estimate of drug-likeness (QED) is 0.866. The van der Waals surface area contributed by atoms with Gasteiger partial charge in [-0.05, 0) is 55.6 Å².